The lowest BCUT2D eigenvalue weighted by Gasteiger charge is -2.20. The van der Waals surface area contributed by atoms with Crippen molar-refractivity contribution >= 4 is 21.4 Å². The Morgan fingerprint density at radius 3 is 2.60 bits per heavy atom. The second kappa shape index (κ2) is 5.35. The van der Waals surface area contributed by atoms with E-state index in [4.69, 9.17) is 5.73 Å². The number of nitrogens with two attached hydrogens (primary N) is 1. The van der Waals surface area contributed by atoms with Crippen molar-refractivity contribution in [2.75, 3.05) is 30.3 Å². The van der Waals surface area contributed by atoms with E-state index in [2.05, 4.69) is 0 Å². The maximum Gasteiger partial charge on any atom is 0.259 e. The molecule has 0 spiro atoms. The van der Waals surface area contributed by atoms with Gasteiger partial charge in [-0.1, -0.05) is 0 Å². The zero-order chi connectivity index (χ0) is 14.9. The van der Waals surface area contributed by atoms with Gasteiger partial charge in [0.1, 0.15) is 11.4 Å². The first-order chi connectivity index (χ1) is 9.32. The first-order valence-corrected chi connectivity index (χ1v) is 7.87. The average Bonchev–Trinajstić information content (AvgIpc) is 2.55. The molecule has 1 aliphatic heterocycles. The van der Waals surface area contributed by atoms with E-state index >= 15 is 0 Å². The molecule has 1 saturated heterocycles. The summed E-state index contributed by atoms with van der Waals surface area (Å²) in [6.07, 6.45) is 0.250. The molecule has 0 aromatic heterocycles. The number of halogens is 2. The minimum Gasteiger partial charge on any atom is -0.396 e. The Hall–Kier alpha value is -1.70. The van der Waals surface area contributed by atoms with E-state index < -0.39 is 32.9 Å². The van der Waals surface area contributed by atoms with Crippen molar-refractivity contribution in [3.63, 3.8) is 0 Å². The zero-order valence-electron chi connectivity index (χ0n) is 10.6. The van der Waals surface area contributed by atoms with Gasteiger partial charge in [0.25, 0.3) is 5.91 Å². The van der Waals surface area contributed by atoms with Gasteiger partial charge in [0, 0.05) is 13.1 Å². The van der Waals surface area contributed by atoms with E-state index in [1.54, 1.807) is 0 Å². The highest BCUT2D eigenvalue weighted by Gasteiger charge is 2.27. The van der Waals surface area contributed by atoms with Gasteiger partial charge in [0.2, 0.25) is 0 Å². The second-order valence-electron chi connectivity index (χ2n) is 4.62. The minimum atomic E-state index is -3.20. The SMILES string of the molecule is Nc1ccc(F)c(C(=O)N2CCCS(=O)(=O)CC2)c1F. The van der Waals surface area contributed by atoms with Crippen LogP contribution in [0.1, 0.15) is 16.8 Å². The zero-order valence-corrected chi connectivity index (χ0v) is 11.4. The highest BCUT2D eigenvalue weighted by Crippen LogP contribution is 2.21. The monoisotopic (exact) mass is 304 g/mol. The van der Waals surface area contributed by atoms with E-state index in [1.807, 2.05) is 0 Å². The van der Waals surface area contributed by atoms with Crippen molar-refractivity contribution in [3.8, 4) is 0 Å². The lowest BCUT2D eigenvalue weighted by atomic mass is 10.1. The Morgan fingerprint density at radius 2 is 1.90 bits per heavy atom. The number of anilines is 1. The summed E-state index contributed by atoms with van der Waals surface area (Å²) in [7, 11) is -3.20. The first-order valence-electron chi connectivity index (χ1n) is 6.05. The molecule has 1 fully saturated rings. The van der Waals surface area contributed by atoms with Crippen LogP contribution in [0.3, 0.4) is 0 Å². The van der Waals surface area contributed by atoms with Gasteiger partial charge < -0.3 is 10.6 Å². The summed E-state index contributed by atoms with van der Waals surface area (Å²) in [5.74, 6) is -3.22. The Kier molecular flexibility index (Phi) is 3.94. The average molecular weight is 304 g/mol. The molecule has 1 amide bonds. The first kappa shape index (κ1) is 14.7. The van der Waals surface area contributed by atoms with Crippen LogP contribution in [0.25, 0.3) is 0 Å². The van der Waals surface area contributed by atoms with Crippen LogP contribution in [0, 0.1) is 11.6 Å². The van der Waals surface area contributed by atoms with Crippen LogP contribution in [-0.2, 0) is 9.84 Å². The number of amides is 1. The molecule has 2 rings (SSSR count). The fraction of sp³-hybridized carbons (Fsp3) is 0.417. The number of nitrogens with zero attached hydrogens (tertiary/aromatic N) is 1. The van der Waals surface area contributed by atoms with E-state index in [1.165, 1.54) is 0 Å². The van der Waals surface area contributed by atoms with Crippen LogP contribution in [-0.4, -0.2) is 43.8 Å². The van der Waals surface area contributed by atoms with Gasteiger partial charge in [-0.25, -0.2) is 17.2 Å². The molecule has 0 radical (unpaired) electrons. The van der Waals surface area contributed by atoms with Crippen LogP contribution in [0.5, 0.6) is 0 Å². The quantitative estimate of drug-likeness (QED) is 0.779. The highest BCUT2D eigenvalue weighted by atomic mass is 32.2. The lowest BCUT2D eigenvalue weighted by Crippen LogP contribution is -2.35. The molecular weight excluding hydrogens is 290 g/mol. The third-order valence-corrected chi connectivity index (χ3v) is 4.89. The number of carbonyl (C=O) groups is 1. The summed E-state index contributed by atoms with van der Waals surface area (Å²) in [6, 6.07) is 1.95. The topological polar surface area (TPSA) is 80.5 Å². The molecule has 110 valence electrons. The maximum absolute atomic E-state index is 13.8. The number of nitrogen functional groups attached to an aromatic ring is 1. The Bertz CT molecular complexity index is 646. The standard InChI is InChI=1S/C12H14F2N2O3S/c13-8-2-3-9(15)11(14)10(8)12(17)16-4-1-6-20(18,19)7-5-16/h2-3H,1,4-7,15H2. The largest absolute Gasteiger partial charge is 0.396 e. The molecule has 0 atom stereocenters. The molecule has 5 nitrogen and oxygen atoms in total. The van der Waals surface area contributed by atoms with Crippen molar-refractivity contribution in [2.24, 2.45) is 0 Å². The third kappa shape index (κ3) is 2.90. The molecule has 0 saturated carbocycles. The fourth-order valence-electron chi connectivity index (χ4n) is 2.06. The van der Waals surface area contributed by atoms with E-state index in [0.717, 1.165) is 17.0 Å². The summed E-state index contributed by atoms with van der Waals surface area (Å²) in [5, 5.41) is 0. The summed E-state index contributed by atoms with van der Waals surface area (Å²) < 4.78 is 50.3. The van der Waals surface area contributed by atoms with Crippen LogP contribution >= 0.6 is 0 Å². The van der Waals surface area contributed by atoms with Crippen LogP contribution in [0.15, 0.2) is 12.1 Å². The smallest absolute Gasteiger partial charge is 0.259 e. The summed E-state index contributed by atoms with van der Waals surface area (Å²) in [5.41, 5.74) is 4.27. The van der Waals surface area contributed by atoms with Gasteiger partial charge in [-0.2, -0.15) is 0 Å². The number of benzene rings is 1. The second-order valence-corrected chi connectivity index (χ2v) is 6.93. The Morgan fingerprint density at radius 1 is 1.20 bits per heavy atom. The van der Waals surface area contributed by atoms with Gasteiger partial charge >= 0.3 is 0 Å². The van der Waals surface area contributed by atoms with Crippen LogP contribution in [0.2, 0.25) is 0 Å². The molecule has 1 aliphatic rings. The summed E-state index contributed by atoms with van der Waals surface area (Å²) >= 11 is 0. The van der Waals surface area contributed by atoms with Crippen molar-refractivity contribution < 1.29 is 22.0 Å². The van der Waals surface area contributed by atoms with Crippen molar-refractivity contribution in [1.29, 1.82) is 0 Å². The number of carbonyl (C=O) groups excluding carboxylic acids is 1. The van der Waals surface area contributed by atoms with Crippen molar-refractivity contribution in [3.05, 3.63) is 29.3 Å². The predicted octanol–water partition coefficient (Wildman–Crippen LogP) is 0.808. The number of rotatable bonds is 1. The molecule has 2 N–H and O–H groups in total. The highest BCUT2D eigenvalue weighted by molar-refractivity contribution is 7.91. The minimum absolute atomic E-state index is 0.0291. The summed E-state index contributed by atoms with van der Waals surface area (Å²) in [4.78, 5) is 13.3. The van der Waals surface area contributed by atoms with Gasteiger partial charge in [-0.15, -0.1) is 0 Å². The lowest BCUT2D eigenvalue weighted by molar-refractivity contribution is 0.0759. The Balaban J connectivity index is 2.30. The summed E-state index contributed by atoms with van der Waals surface area (Å²) in [6.45, 7) is 0.0700. The van der Waals surface area contributed by atoms with Crippen molar-refractivity contribution in [2.45, 2.75) is 6.42 Å². The molecule has 0 bridgehead atoms. The Labute approximate surface area is 115 Å². The van der Waals surface area contributed by atoms with E-state index in [9.17, 15) is 22.0 Å². The van der Waals surface area contributed by atoms with Gasteiger partial charge in [0.05, 0.1) is 17.2 Å². The van der Waals surface area contributed by atoms with Crippen LogP contribution < -0.4 is 5.73 Å². The molecule has 1 aromatic rings. The van der Waals surface area contributed by atoms with Crippen LogP contribution in [0.4, 0.5) is 14.5 Å². The molecule has 0 aliphatic carbocycles. The number of hydrogen-bond donors (Lipinski definition) is 1. The molecule has 0 unspecified atom stereocenters. The van der Waals surface area contributed by atoms with Gasteiger partial charge in [0.15, 0.2) is 15.7 Å². The van der Waals surface area contributed by atoms with Crippen molar-refractivity contribution in [1.82, 2.24) is 4.90 Å². The van der Waals surface area contributed by atoms with Gasteiger partial charge in [-0.3, -0.25) is 4.79 Å². The molecule has 1 heterocycles. The molecule has 1 aromatic carbocycles. The van der Waals surface area contributed by atoms with E-state index in [0.29, 0.717) is 0 Å². The fourth-order valence-corrected chi connectivity index (χ4v) is 3.34. The third-order valence-electron chi connectivity index (χ3n) is 3.18. The predicted molar refractivity (Wildman–Crippen MR) is 69.9 cm³/mol. The molecule has 20 heavy (non-hydrogen) atoms. The van der Waals surface area contributed by atoms with E-state index in [-0.39, 0.29) is 36.7 Å². The maximum atomic E-state index is 13.8. The number of sulfone groups is 1. The number of hydrogen-bond acceptors (Lipinski definition) is 4. The normalized spacial score (nSPS) is 18.6. The van der Waals surface area contributed by atoms with Gasteiger partial charge in [-0.05, 0) is 18.6 Å². The molecular formula is C12H14F2N2O3S. The molecule has 8 heteroatoms.